The summed E-state index contributed by atoms with van der Waals surface area (Å²) < 4.78 is 9.43. The molecule has 0 saturated carbocycles. The third-order valence-corrected chi connectivity index (χ3v) is 5.25. The third-order valence-electron chi connectivity index (χ3n) is 4.25. The Morgan fingerprint density at radius 1 is 1.33 bits per heavy atom. The number of hydrogen-bond donors (Lipinski definition) is 0. The van der Waals surface area contributed by atoms with E-state index in [1.807, 2.05) is 50.6 Å². The normalized spacial score (nSPS) is 12.1. The minimum Gasteiger partial charge on any atom is -0.482 e. The molecule has 1 atom stereocenters. The van der Waals surface area contributed by atoms with Gasteiger partial charge in [0.2, 0.25) is 0 Å². The van der Waals surface area contributed by atoms with Crippen LogP contribution in [0, 0.1) is 24.0 Å². The average Bonchev–Trinajstić information content (AvgIpc) is 3.24. The lowest BCUT2D eigenvalue weighted by Gasteiger charge is -2.16. The van der Waals surface area contributed by atoms with Crippen LogP contribution in [0.25, 0.3) is 0 Å². The van der Waals surface area contributed by atoms with E-state index in [2.05, 4.69) is 15.3 Å². The maximum absolute atomic E-state index is 10.7. The molecule has 3 rings (SSSR count). The second kappa shape index (κ2) is 7.78. The number of aryl methyl sites for hydroxylation is 1. The van der Waals surface area contributed by atoms with Crippen LogP contribution in [0.4, 0.5) is 5.69 Å². The molecule has 27 heavy (non-hydrogen) atoms. The Labute approximate surface area is 160 Å². The maximum atomic E-state index is 10.7. The molecule has 1 aromatic carbocycles. The molecule has 0 amide bonds. The molecule has 2 aromatic heterocycles. The van der Waals surface area contributed by atoms with Crippen LogP contribution in [0.2, 0.25) is 0 Å². The van der Waals surface area contributed by atoms with Gasteiger partial charge < -0.3 is 9.30 Å². The van der Waals surface area contributed by atoms with E-state index >= 15 is 0 Å². The second-order valence-electron chi connectivity index (χ2n) is 6.13. The number of aromatic nitrogens is 5. The molecule has 0 radical (unpaired) electrons. The Balaban J connectivity index is 1.68. The lowest BCUT2D eigenvalue weighted by atomic mass is 10.1. The van der Waals surface area contributed by atoms with Crippen molar-refractivity contribution in [2.24, 2.45) is 7.05 Å². The Morgan fingerprint density at radius 3 is 2.81 bits per heavy atom. The van der Waals surface area contributed by atoms with E-state index in [1.54, 1.807) is 0 Å². The quantitative estimate of drug-likeness (QED) is 0.347. The van der Waals surface area contributed by atoms with Crippen LogP contribution in [0.1, 0.15) is 30.0 Å². The fourth-order valence-corrected chi connectivity index (χ4v) is 3.32. The highest BCUT2D eigenvalue weighted by Crippen LogP contribution is 2.27. The minimum absolute atomic E-state index is 0.0372. The van der Waals surface area contributed by atoms with Gasteiger partial charge in [-0.1, -0.05) is 23.9 Å². The largest absolute Gasteiger partial charge is 0.482 e. The molecule has 0 spiro atoms. The molecule has 0 aliphatic rings. The van der Waals surface area contributed by atoms with E-state index in [9.17, 15) is 10.1 Å². The highest BCUT2D eigenvalue weighted by atomic mass is 32.2. The van der Waals surface area contributed by atoms with Crippen molar-refractivity contribution in [1.29, 1.82) is 0 Å². The zero-order chi connectivity index (χ0) is 19.6. The van der Waals surface area contributed by atoms with Gasteiger partial charge in [0.25, 0.3) is 0 Å². The second-order valence-corrected chi connectivity index (χ2v) is 7.04. The molecule has 0 bridgehead atoms. The van der Waals surface area contributed by atoms with Crippen molar-refractivity contribution in [2.45, 2.75) is 37.9 Å². The highest BCUT2D eigenvalue weighted by molar-refractivity contribution is 7.98. The molecule has 0 fully saturated rings. The number of rotatable bonds is 7. The molecule has 142 valence electrons. The van der Waals surface area contributed by atoms with Crippen LogP contribution in [-0.4, -0.2) is 29.5 Å². The summed E-state index contributed by atoms with van der Waals surface area (Å²) in [5, 5.41) is 23.8. The topological polar surface area (TPSA) is 101 Å². The molecule has 1 unspecified atom stereocenters. The van der Waals surface area contributed by atoms with Gasteiger partial charge in [-0.15, -0.1) is 10.2 Å². The molecule has 0 saturated heterocycles. The van der Waals surface area contributed by atoms with Gasteiger partial charge in [-0.3, -0.25) is 14.8 Å². The van der Waals surface area contributed by atoms with E-state index in [4.69, 9.17) is 4.74 Å². The maximum Gasteiger partial charge on any atom is 0.307 e. The number of benzene rings is 1. The SMILES string of the molecule is Cc1cccc(OC(C)c2nnc(SCn3cc([N+](=O)[O-])cn3)n2C)c1C. The molecule has 9 nitrogen and oxygen atoms in total. The lowest BCUT2D eigenvalue weighted by molar-refractivity contribution is -0.385. The summed E-state index contributed by atoms with van der Waals surface area (Å²) in [5.41, 5.74) is 2.23. The molecule has 0 aliphatic heterocycles. The van der Waals surface area contributed by atoms with E-state index < -0.39 is 4.92 Å². The Kier molecular flexibility index (Phi) is 5.45. The van der Waals surface area contributed by atoms with Crippen LogP contribution in [0.15, 0.2) is 35.7 Å². The van der Waals surface area contributed by atoms with Gasteiger partial charge in [-0.25, -0.2) is 0 Å². The van der Waals surface area contributed by atoms with Crippen LogP contribution in [-0.2, 0) is 12.9 Å². The van der Waals surface area contributed by atoms with Gasteiger partial charge in [-0.2, -0.15) is 5.10 Å². The minimum atomic E-state index is -0.471. The Bertz CT molecular complexity index is 967. The van der Waals surface area contributed by atoms with Crippen molar-refractivity contribution in [1.82, 2.24) is 24.5 Å². The molecule has 0 aliphatic carbocycles. The number of hydrogen-bond acceptors (Lipinski definition) is 7. The van der Waals surface area contributed by atoms with Crippen LogP contribution >= 0.6 is 11.8 Å². The molecular weight excluding hydrogens is 368 g/mol. The van der Waals surface area contributed by atoms with E-state index in [0.717, 1.165) is 11.3 Å². The molecular formula is C17H20N6O3S. The average molecular weight is 388 g/mol. The van der Waals surface area contributed by atoms with Crippen molar-refractivity contribution in [3.63, 3.8) is 0 Å². The summed E-state index contributed by atoms with van der Waals surface area (Å²) >= 11 is 1.39. The molecule has 3 aromatic rings. The van der Waals surface area contributed by atoms with Crippen molar-refractivity contribution in [3.8, 4) is 5.75 Å². The third kappa shape index (κ3) is 4.11. The van der Waals surface area contributed by atoms with Crippen molar-refractivity contribution in [2.75, 3.05) is 0 Å². The van der Waals surface area contributed by atoms with E-state index in [1.165, 1.54) is 34.4 Å². The van der Waals surface area contributed by atoms with Crippen molar-refractivity contribution < 1.29 is 9.66 Å². The first-order valence-corrected chi connectivity index (χ1v) is 9.27. The standard InChI is InChI=1S/C17H20N6O3S/c1-11-6-5-7-15(12(11)2)26-13(3)16-19-20-17(21(16)4)27-10-22-9-14(8-18-22)23(24)25/h5-9,13H,10H2,1-4H3. The van der Waals surface area contributed by atoms with Crippen LogP contribution < -0.4 is 4.74 Å². The fourth-order valence-electron chi connectivity index (χ4n) is 2.54. The number of thioether (sulfide) groups is 1. The fraction of sp³-hybridized carbons (Fsp3) is 0.353. The monoisotopic (exact) mass is 388 g/mol. The predicted octanol–water partition coefficient (Wildman–Crippen LogP) is 3.43. The first-order chi connectivity index (χ1) is 12.9. The van der Waals surface area contributed by atoms with E-state index in [-0.39, 0.29) is 11.8 Å². The predicted molar refractivity (Wildman–Crippen MR) is 101 cm³/mol. The van der Waals surface area contributed by atoms with Gasteiger partial charge in [0.1, 0.15) is 18.1 Å². The zero-order valence-electron chi connectivity index (χ0n) is 15.5. The Morgan fingerprint density at radius 2 is 2.11 bits per heavy atom. The highest BCUT2D eigenvalue weighted by Gasteiger charge is 2.18. The first kappa shape index (κ1) is 18.9. The lowest BCUT2D eigenvalue weighted by Crippen LogP contribution is -2.11. The van der Waals surface area contributed by atoms with Gasteiger partial charge in [0.15, 0.2) is 17.1 Å². The summed E-state index contributed by atoms with van der Waals surface area (Å²) in [6.07, 6.45) is 2.34. The molecule has 0 N–H and O–H groups in total. The number of nitrogens with zero attached hydrogens (tertiary/aromatic N) is 6. The van der Waals surface area contributed by atoms with Crippen LogP contribution in [0.3, 0.4) is 0 Å². The van der Waals surface area contributed by atoms with Gasteiger partial charge in [0, 0.05) is 7.05 Å². The zero-order valence-corrected chi connectivity index (χ0v) is 16.3. The van der Waals surface area contributed by atoms with Crippen LogP contribution in [0.5, 0.6) is 5.75 Å². The van der Waals surface area contributed by atoms with Crippen molar-refractivity contribution in [3.05, 3.63) is 57.7 Å². The van der Waals surface area contributed by atoms with E-state index in [0.29, 0.717) is 16.9 Å². The first-order valence-electron chi connectivity index (χ1n) is 8.28. The summed E-state index contributed by atoms with van der Waals surface area (Å²) in [5.74, 6) is 1.92. The Hall–Kier alpha value is -2.88. The number of ether oxygens (including phenoxy) is 1. The number of nitro groups is 1. The summed E-state index contributed by atoms with van der Waals surface area (Å²) in [6, 6.07) is 5.95. The van der Waals surface area contributed by atoms with Gasteiger partial charge in [-0.05, 0) is 38.0 Å². The molecule has 10 heteroatoms. The summed E-state index contributed by atoms with van der Waals surface area (Å²) in [6.45, 7) is 6.00. The van der Waals surface area contributed by atoms with Crippen molar-refractivity contribution >= 4 is 17.4 Å². The smallest absolute Gasteiger partial charge is 0.307 e. The van der Waals surface area contributed by atoms with Gasteiger partial charge in [0.05, 0.1) is 10.8 Å². The summed E-state index contributed by atoms with van der Waals surface area (Å²) in [7, 11) is 1.87. The van der Waals surface area contributed by atoms with Gasteiger partial charge >= 0.3 is 5.69 Å². The summed E-state index contributed by atoms with van der Waals surface area (Å²) in [4.78, 5) is 10.2. The molecule has 2 heterocycles.